The third-order valence-electron chi connectivity index (χ3n) is 4.10. The van der Waals surface area contributed by atoms with Gasteiger partial charge in [0, 0.05) is 18.0 Å². The number of fused-ring (bicyclic) bond motifs is 1. The Morgan fingerprint density at radius 2 is 2.15 bits per heavy atom. The highest BCUT2D eigenvalue weighted by Gasteiger charge is 2.17. The standard InChI is InChI=1S/C17H22N2O/c1-18-12-14-11-17(20-10-9-13-5-4-6-13)15-7-2-3-8-16(15)19-14/h2-3,7-8,11,13,18H,4-6,9-10,12H2,1H3. The maximum atomic E-state index is 6.04. The highest BCUT2D eigenvalue weighted by Crippen LogP contribution is 2.30. The number of hydrogen-bond acceptors (Lipinski definition) is 3. The van der Waals surface area contributed by atoms with E-state index in [0.29, 0.717) is 0 Å². The first kappa shape index (κ1) is 13.4. The lowest BCUT2D eigenvalue weighted by atomic mass is 9.83. The summed E-state index contributed by atoms with van der Waals surface area (Å²) in [5.41, 5.74) is 2.05. The van der Waals surface area contributed by atoms with E-state index in [0.717, 1.165) is 41.4 Å². The predicted molar refractivity (Wildman–Crippen MR) is 82.0 cm³/mol. The van der Waals surface area contributed by atoms with Gasteiger partial charge in [-0.1, -0.05) is 31.4 Å². The van der Waals surface area contributed by atoms with Crippen LogP contribution < -0.4 is 10.1 Å². The van der Waals surface area contributed by atoms with Gasteiger partial charge >= 0.3 is 0 Å². The van der Waals surface area contributed by atoms with Crippen LogP contribution in [-0.4, -0.2) is 18.6 Å². The average molecular weight is 270 g/mol. The van der Waals surface area contributed by atoms with Crippen LogP contribution in [0.15, 0.2) is 30.3 Å². The van der Waals surface area contributed by atoms with Crippen molar-refractivity contribution in [2.24, 2.45) is 5.92 Å². The van der Waals surface area contributed by atoms with Crippen LogP contribution in [0.1, 0.15) is 31.4 Å². The quantitative estimate of drug-likeness (QED) is 0.872. The summed E-state index contributed by atoms with van der Waals surface area (Å²) < 4.78 is 6.04. The molecule has 1 aliphatic carbocycles. The van der Waals surface area contributed by atoms with E-state index in [1.165, 1.54) is 25.7 Å². The molecule has 0 bridgehead atoms. The first-order valence-electron chi connectivity index (χ1n) is 7.53. The van der Waals surface area contributed by atoms with E-state index in [1.807, 2.05) is 25.2 Å². The molecular formula is C17H22N2O. The van der Waals surface area contributed by atoms with Gasteiger partial charge in [0.25, 0.3) is 0 Å². The number of para-hydroxylation sites is 1. The molecule has 0 radical (unpaired) electrons. The van der Waals surface area contributed by atoms with E-state index in [1.54, 1.807) is 0 Å². The third kappa shape index (κ3) is 2.93. The molecule has 1 saturated carbocycles. The number of nitrogens with one attached hydrogen (secondary N) is 1. The maximum absolute atomic E-state index is 6.04. The second kappa shape index (κ2) is 6.23. The Labute approximate surface area is 120 Å². The maximum Gasteiger partial charge on any atom is 0.130 e. The summed E-state index contributed by atoms with van der Waals surface area (Å²) in [4.78, 5) is 4.65. The van der Waals surface area contributed by atoms with E-state index < -0.39 is 0 Å². The second-order valence-corrected chi connectivity index (χ2v) is 5.59. The van der Waals surface area contributed by atoms with Crippen molar-refractivity contribution >= 4 is 10.9 Å². The van der Waals surface area contributed by atoms with Crippen LogP contribution in [0, 0.1) is 5.92 Å². The van der Waals surface area contributed by atoms with Gasteiger partial charge < -0.3 is 10.1 Å². The number of benzene rings is 1. The van der Waals surface area contributed by atoms with Gasteiger partial charge in [-0.3, -0.25) is 4.98 Å². The van der Waals surface area contributed by atoms with Crippen molar-refractivity contribution in [3.8, 4) is 5.75 Å². The Bertz CT molecular complexity index is 578. The Hall–Kier alpha value is -1.61. The smallest absolute Gasteiger partial charge is 0.130 e. The molecule has 20 heavy (non-hydrogen) atoms. The minimum atomic E-state index is 0.768. The van der Waals surface area contributed by atoms with Crippen molar-refractivity contribution in [1.82, 2.24) is 10.3 Å². The van der Waals surface area contributed by atoms with Crippen LogP contribution in [0.25, 0.3) is 10.9 Å². The van der Waals surface area contributed by atoms with Crippen LogP contribution in [0.3, 0.4) is 0 Å². The first-order chi connectivity index (χ1) is 9.86. The van der Waals surface area contributed by atoms with Gasteiger partial charge in [-0.15, -0.1) is 0 Å². The Morgan fingerprint density at radius 3 is 2.90 bits per heavy atom. The topological polar surface area (TPSA) is 34.1 Å². The lowest BCUT2D eigenvalue weighted by Gasteiger charge is -2.25. The molecule has 0 spiro atoms. The van der Waals surface area contributed by atoms with Gasteiger partial charge in [-0.2, -0.15) is 0 Å². The number of rotatable bonds is 6. The molecule has 3 rings (SSSR count). The van der Waals surface area contributed by atoms with Gasteiger partial charge in [0.15, 0.2) is 0 Å². The molecule has 1 aromatic carbocycles. The average Bonchev–Trinajstić information content (AvgIpc) is 2.42. The largest absolute Gasteiger partial charge is 0.493 e. The monoisotopic (exact) mass is 270 g/mol. The van der Waals surface area contributed by atoms with Gasteiger partial charge in [-0.25, -0.2) is 0 Å². The third-order valence-corrected chi connectivity index (χ3v) is 4.10. The molecular weight excluding hydrogens is 248 g/mol. The summed E-state index contributed by atoms with van der Waals surface area (Å²) in [6.07, 6.45) is 5.34. The molecule has 0 aliphatic heterocycles. The summed E-state index contributed by atoms with van der Waals surface area (Å²) in [5.74, 6) is 1.86. The number of nitrogens with zero attached hydrogens (tertiary/aromatic N) is 1. The molecule has 106 valence electrons. The molecule has 0 unspecified atom stereocenters. The van der Waals surface area contributed by atoms with Crippen LogP contribution in [0.5, 0.6) is 5.75 Å². The molecule has 3 nitrogen and oxygen atoms in total. The molecule has 0 saturated heterocycles. The minimum Gasteiger partial charge on any atom is -0.493 e. The van der Waals surface area contributed by atoms with E-state index in [-0.39, 0.29) is 0 Å². The van der Waals surface area contributed by atoms with E-state index in [4.69, 9.17) is 4.74 Å². The predicted octanol–water partition coefficient (Wildman–Crippen LogP) is 3.52. The zero-order valence-corrected chi connectivity index (χ0v) is 12.1. The van der Waals surface area contributed by atoms with Crippen molar-refractivity contribution in [2.45, 2.75) is 32.2 Å². The van der Waals surface area contributed by atoms with Crippen LogP contribution in [0.2, 0.25) is 0 Å². The van der Waals surface area contributed by atoms with Crippen LogP contribution in [0.4, 0.5) is 0 Å². The second-order valence-electron chi connectivity index (χ2n) is 5.59. The Balaban J connectivity index is 1.78. The van der Waals surface area contributed by atoms with Crippen LogP contribution >= 0.6 is 0 Å². The molecule has 1 aromatic heterocycles. The Morgan fingerprint density at radius 1 is 1.30 bits per heavy atom. The molecule has 1 aliphatic rings. The summed E-state index contributed by atoms with van der Waals surface area (Å²) in [6, 6.07) is 10.3. The molecule has 1 heterocycles. The normalized spacial score (nSPS) is 15.2. The summed E-state index contributed by atoms with van der Waals surface area (Å²) in [5, 5.41) is 4.26. The lowest BCUT2D eigenvalue weighted by molar-refractivity contribution is 0.223. The van der Waals surface area contributed by atoms with E-state index in [9.17, 15) is 0 Å². The minimum absolute atomic E-state index is 0.768. The Kier molecular flexibility index (Phi) is 4.16. The highest BCUT2D eigenvalue weighted by atomic mass is 16.5. The van der Waals surface area contributed by atoms with Crippen molar-refractivity contribution in [3.63, 3.8) is 0 Å². The van der Waals surface area contributed by atoms with Crippen molar-refractivity contribution in [2.75, 3.05) is 13.7 Å². The summed E-state index contributed by atoms with van der Waals surface area (Å²) in [6.45, 7) is 1.58. The van der Waals surface area contributed by atoms with Gasteiger partial charge in [-0.05, 0) is 31.5 Å². The van der Waals surface area contributed by atoms with Crippen molar-refractivity contribution < 1.29 is 4.74 Å². The fourth-order valence-electron chi connectivity index (χ4n) is 2.70. The molecule has 1 fully saturated rings. The van der Waals surface area contributed by atoms with Gasteiger partial charge in [0.2, 0.25) is 0 Å². The SMILES string of the molecule is CNCc1cc(OCCC2CCC2)c2ccccc2n1. The zero-order chi connectivity index (χ0) is 13.8. The first-order valence-corrected chi connectivity index (χ1v) is 7.53. The zero-order valence-electron chi connectivity index (χ0n) is 12.1. The summed E-state index contributed by atoms with van der Waals surface area (Å²) >= 11 is 0. The van der Waals surface area contributed by atoms with E-state index in [2.05, 4.69) is 22.4 Å². The fraction of sp³-hybridized carbons (Fsp3) is 0.471. The molecule has 0 atom stereocenters. The van der Waals surface area contributed by atoms with E-state index >= 15 is 0 Å². The molecule has 3 heteroatoms. The lowest BCUT2D eigenvalue weighted by Crippen LogP contribution is -2.14. The fourth-order valence-corrected chi connectivity index (χ4v) is 2.70. The van der Waals surface area contributed by atoms with Crippen molar-refractivity contribution in [3.05, 3.63) is 36.0 Å². The number of ether oxygens (including phenoxy) is 1. The van der Waals surface area contributed by atoms with Crippen molar-refractivity contribution in [1.29, 1.82) is 0 Å². The number of pyridine rings is 1. The molecule has 1 N–H and O–H groups in total. The van der Waals surface area contributed by atoms with Gasteiger partial charge in [0.1, 0.15) is 5.75 Å². The molecule has 2 aromatic rings. The molecule has 0 amide bonds. The number of aromatic nitrogens is 1. The summed E-state index contributed by atoms with van der Waals surface area (Å²) in [7, 11) is 1.94. The highest BCUT2D eigenvalue weighted by molar-refractivity contribution is 5.85. The van der Waals surface area contributed by atoms with Gasteiger partial charge in [0.05, 0.1) is 17.8 Å². The van der Waals surface area contributed by atoms with Crippen LogP contribution in [-0.2, 0) is 6.54 Å². The number of hydrogen-bond donors (Lipinski definition) is 1.